The summed E-state index contributed by atoms with van der Waals surface area (Å²) in [5.41, 5.74) is 4.41. The van der Waals surface area contributed by atoms with Gasteiger partial charge in [0.25, 0.3) is 0 Å². The van der Waals surface area contributed by atoms with Crippen LogP contribution in [0, 0.1) is 0 Å². The van der Waals surface area contributed by atoms with Crippen LogP contribution in [0.4, 0.5) is 0 Å². The second-order valence-electron chi connectivity index (χ2n) is 5.08. The van der Waals surface area contributed by atoms with E-state index in [-0.39, 0.29) is 0 Å². The number of aliphatic hydroxyl groups excluding tert-OH is 1. The van der Waals surface area contributed by atoms with Gasteiger partial charge in [-0.1, -0.05) is 30.3 Å². The molecule has 1 aliphatic rings. The predicted molar refractivity (Wildman–Crippen MR) is 73.8 cm³/mol. The van der Waals surface area contributed by atoms with E-state index in [2.05, 4.69) is 9.97 Å². The first-order chi connectivity index (χ1) is 9.34. The molecule has 1 aliphatic carbocycles. The fourth-order valence-corrected chi connectivity index (χ4v) is 2.74. The molecule has 0 fully saturated rings. The van der Waals surface area contributed by atoms with Crippen LogP contribution in [0.1, 0.15) is 41.5 Å². The zero-order valence-corrected chi connectivity index (χ0v) is 10.9. The minimum absolute atomic E-state index is 0.484. The SMILES string of the molecule is OC(Cc1ncnc2c1CCCC2)c1ccccc1. The fourth-order valence-electron chi connectivity index (χ4n) is 2.74. The van der Waals surface area contributed by atoms with Gasteiger partial charge in [0.05, 0.1) is 11.8 Å². The molecule has 3 rings (SSSR count). The van der Waals surface area contributed by atoms with Gasteiger partial charge in [0.15, 0.2) is 0 Å². The van der Waals surface area contributed by atoms with E-state index in [0.29, 0.717) is 6.42 Å². The second kappa shape index (κ2) is 5.49. The van der Waals surface area contributed by atoms with Crippen LogP contribution in [0.25, 0.3) is 0 Å². The summed E-state index contributed by atoms with van der Waals surface area (Å²) in [4.78, 5) is 8.75. The van der Waals surface area contributed by atoms with Crippen molar-refractivity contribution in [3.8, 4) is 0 Å². The van der Waals surface area contributed by atoms with Crippen LogP contribution >= 0.6 is 0 Å². The van der Waals surface area contributed by atoms with Crippen LogP contribution in [0.3, 0.4) is 0 Å². The van der Waals surface area contributed by atoms with E-state index in [1.54, 1.807) is 6.33 Å². The van der Waals surface area contributed by atoms with Crippen molar-refractivity contribution < 1.29 is 5.11 Å². The third kappa shape index (κ3) is 2.66. The van der Waals surface area contributed by atoms with E-state index in [1.165, 1.54) is 24.1 Å². The molecule has 1 heterocycles. The van der Waals surface area contributed by atoms with Crippen LogP contribution in [0.5, 0.6) is 0 Å². The molecule has 3 heteroatoms. The molecule has 19 heavy (non-hydrogen) atoms. The number of hydrogen-bond donors (Lipinski definition) is 1. The monoisotopic (exact) mass is 254 g/mol. The lowest BCUT2D eigenvalue weighted by molar-refractivity contribution is 0.176. The number of aryl methyl sites for hydroxylation is 1. The Morgan fingerprint density at radius 3 is 2.68 bits per heavy atom. The van der Waals surface area contributed by atoms with Crippen molar-refractivity contribution in [3.05, 3.63) is 59.2 Å². The molecule has 0 spiro atoms. The summed E-state index contributed by atoms with van der Waals surface area (Å²) in [6.45, 7) is 0. The van der Waals surface area contributed by atoms with Gasteiger partial charge in [0, 0.05) is 12.1 Å². The number of fused-ring (bicyclic) bond motifs is 1. The minimum Gasteiger partial charge on any atom is -0.388 e. The standard InChI is InChI=1S/C16H18N2O/c19-16(12-6-2-1-3-7-12)10-15-13-8-4-5-9-14(13)17-11-18-15/h1-3,6-7,11,16,19H,4-5,8-10H2. The molecule has 1 N–H and O–H groups in total. The van der Waals surface area contributed by atoms with Crippen molar-refractivity contribution in [2.75, 3.05) is 0 Å². The van der Waals surface area contributed by atoms with Gasteiger partial charge in [-0.05, 0) is 36.8 Å². The molecule has 0 radical (unpaired) electrons. The Balaban J connectivity index is 1.84. The summed E-state index contributed by atoms with van der Waals surface area (Å²) in [5.74, 6) is 0. The van der Waals surface area contributed by atoms with E-state index in [1.807, 2.05) is 30.3 Å². The number of benzene rings is 1. The average molecular weight is 254 g/mol. The molecule has 1 atom stereocenters. The number of aliphatic hydroxyl groups is 1. The summed E-state index contributed by atoms with van der Waals surface area (Å²) in [6, 6.07) is 9.78. The Morgan fingerprint density at radius 1 is 1.05 bits per heavy atom. The molecule has 2 aromatic rings. The smallest absolute Gasteiger partial charge is 0.115 e. The largest absolute Gasteiger partial charge is 0.388 e. The van der Waals surface area contributed by atoms with Crippen molar-refractivity contribution in [1.29, 1.82) is 0 Å². The first-order valence-electron chi connectivity index (χ1n) is 6.89. The van der Waals surface area contributed by atoms with Crippen molar-refractivity contribution in [3.63, 3.8) is 0 Å². The summed E-state index contributed by atoms with van der Waals surface area (Å²) in [7, 11) is 0. The van der Waals surface area contributed by atoms with Crippen LogP contribution in [0.15, 0.2) is 36.7 Å². The number of rotatable bonds is 3. The molecule has 1 unspecified atom stereocenters. The van der Waals surface area contributed by atoms with E-state index >= 15 is 0 Å². The molecule has 98 valence electrons. The minimum atomic E-state index is -0.484. The molecular formula is C16H18N2O. The zero-order chi connectivity index (χ0) is 13.1. The van der Waals surface area contributed by atoms with Crippen molar-refractivity contribution in [2.45, 2.75) is 38.2 Å². The zero-order valence-electron chi connectivity index (χ0n) is 10.9. The highest BCUT2D eigenvalue weighted by atomic mass is 16.3. The average Bonchev–Trinajstić information content (AvgIpc) is 2.48. The topological polar surface area (TPSA) is 46.0 Å². The molecule has 0 bridgehead atoms. The van der Waals surface area contributed by atoms with E-state index < -0.39 is 6.10 Å². The van der Waals surface area contributed by atoms with Gasteiger partial charge in [-0.15, -0.1) is 0 Å². The lowest BCUT2D eigenvalue weighted by atomic mass is 9.92. The van der Waals surface area contributed by atoms with Crippen molar-refractivity contribution in [2.24, 2.45) is 0 Å². The Labute approximate surface area is 113 Å². The van der Waals surface area contributed by atoms with Crippen LogP contribution in [0.2, 0.25) is 0 Å². The summed E-state index contributed by atoms with van der Waals surface area (Å²) >= 11 is 0. The second-order valence-corrected chi connectivity index (χ2v) is 5.08. The van der Waals surface area contributed by atoms with Gasteiger partial charge in [0.2, 0.25) is 0 Å². The van der Waals surface area contributed by atoms with Crippen LogP contribution in [-0.4, -0.2) is 15.1 Å². The maximum atomic E-state index is 10.3. The number of hydrogen-bond acceptors (Lipinski definition) is 3. The number of aromatic nitrogens is 2. The lowest BCUT2D eigenvalue weighted by Gasteiger charge is -2.19. The van der Waals surface area contributed by atoms with E-state index in [0.717, 1.165) is 24.1 Å². The molecular weight excluding hydrogens is 236 g/mol. The van der Waals surface area contributed by atoms with Gasteiger partial charge >= 0.3 is 0 Å². The molecule has 1 aromatic heterocycles. The lowest BCUT2D eigenvalue weighted by Crippen LogP contribution is -2.13. The maximum absolute atomic E-state index is 10.3. The molecule has 0 saturated heterocycles. The third-order valence-corrected chi connectivity index (χ3v) is 3.79. The van der Waals surface area contributed by atoms with Gasteiger partial charge in [-0.25, -0.2) is 9.97 Å². The summed E-state index contributed by atoms with van der Waals surface area (Å²) in [5, 5.41) is 10.3. The first kappa shape index (κ1) is 12.3. The van der Waals surface area contributed by atoms with Gasteiger partial charge < -0.3 is 5.11 Å². The third-order valence-electron chi connectivity index (χ3n) is 3.79. The molecule has 1 aromatic carbocycles. The first-order valence-corrected chi connectivity index (χ1v) is 6.89. The Kier molecular flexibility index (Phi) is 3.56. The predicted octanol–water partition coefficient (Wildman–Crippen LogP) is 2.63. The molecule has 0 saturated carbocycles. The summed E-state index contributed by atoms with van der Waals surface area (Å²) in [6.07, 6.45) is 6.24. The molecule has 3 nitrogen and oxygen atoms in total. The fraction of sp³-hybridized carbons (Fsp3) is 0.375. The van der Waals surface area contributed by atoms with E-state index in [4.69, 9.17) is 0 Å². The highest BCUT2D eigenvalue weighted by Gasteiger charge is 2.18. The molecule has 0 aliphatic heterocycles. The van der Waals surface area contributed by atoms with Crippen molar-refractivity contribution in [1.82, 2.24) is 9.97 Å². The van der Waals surface area contributed by atoms with Crippen molar-refractivity contribution >= 4 is 0 Å². The quantitative estimate of drug-likeness (QED) is 0.916. The Morgan fingerprint density at radius 2 is 1.84 bits per heavy atom. The number of nitrogens with zero attached hydrogens (tertiary/aromatic N) is 2. The summed E-state index contributed by atoms with van der Waals surface area (Å²) < 4.78 is 0. The molecule has 0 amide bonds. The maximum Gasteiger partial charge on any atom is 0.115 e. The normalized spacial score (nSPS) is 15.8. The van der Waals surface area contributed by atoms with Gasteiger partial charge in [-0.2, -0.15) is 0 Å². The highest BCUT2D eigenvalue weighted by Crippen LogP contribution is 2.25. The Bertz CT molecular complexity index is 554. The highest BCUT2D eigenvalue weighted by molar-refractivity contribution is 5.29. The van der Waals surface area contributed by atoms with Crippen LogP contribution in [-0.2, 0) is 19.3 Å². The van der Waals surface area contributed by atoms with E-state index in [9.17, 15) is 5.11 Å². The van der Waals surface area contributed by atoms with Gasteiger partial charge in [0.1, 0.15) is 6.33 Å². The Hall–Kier alpha value is -1.74. The van der Waals surface area contributed by atoms with Gasteiger partial charge in [-0.3, -0.25) is 0 Å². The van der Waals surface area contributed by atoms with Crippen LogP contribution < -0.4 is 0 Å².